The lowest BCUT2D eigenvalue weighted by Crippen LogP contribution is -2.12. The maximum absolute atomic E-state index is 4.29. The molecule has 5 nitrogen and oxygen atoms in total. The second-order valence-electron chi connectivity index (χ2n) is 8.16. The monoisotopic (exact) mass is 385 g/mol. The molecule has 2 aromatic heterocycles. The Morgan fingerprint density at radius 3 is 2.52 bits per heavy atom. The summed E-state index contributed by atoms with van der Waals surface area (Å²) < 4.78 is 2.60. The van der Waals surface area contributed by atoms with Crippen LogP contribution in [0.5, 0.6) is 0 Å². The largest absolute Gasteiger partial charge is 0.337 e. The van der Waals surface area contributed by atoms with Gasteiger partial charge in [0.05, 0.1) is 0 Å². The zero-order valence-electron chi connectivity index (χ0n) is 16.7. The van der Waals surface area contributed by atoms with E-state index in [1.807, 2.05) is 0 Å². The number of nitrogens with zero attached hydrogens (tertiary/aromatic N) is 4. The first-order valence-corrected chi connectivity index (χ1v) is 10.8. The van der Waals surface area contributed by atoms with Gasteiger partial charge in [-0.25, -0.2) is 0 Å². The van der Waals surface area contributed by atoms with Crippen LogP contribution in [-0.4, -0.2) is 25.2 Å². The van der Waals surface area contributed by atoms with E-state index in [0.717, 1.165) is 25.1 Å². The van der Waals surface area contributed by atoms with E-state index in [9.17, 15) is 0 Å². The Morgan fingerprint density at radius 2 is 1.66 bits per heavy atom. The molecule has 1 fully saturated rings. The van der Waals surface area contributed by atoms with Gasteiger partial charge in [0, 0.05) is 28.6 Å². The van der Waals surface area contributed by atoms with Gasteiger partial charge in [-0.05, 0) is 43.4 Å². The summed E-state index contributed by atoms with van der Waals surface area (Å²) in [5.41, 5.74) is 3.96. The van der Waals surface area contributed by atoms with Gasteiger partial charge in [0.1, 0.15) is 0 Å². The third-order valence-corrected chi connectivity index (χ3v) is 6.35. The first kappa shape index (κ1) is 18.1. The van der Waals surface area contributed by atoms with Crippen molar-refractivity contribution < 1.29 is 0 Å². The highest BCUT2D eigenvalue weighted by molar-refractivity contribution is 5.87. The van der Waals surface area contributed by atoms with Crippen molar-refractivity contribution in [3.05, 3.63) is 66.5 Å². The van der Waals surface area contributed by atoms with Gasteiger partial charge in [0.2, 0.25) is 0 Å². The van der Waals surface area contributed by atoms with E-state index in [-0.39, 0.29) is 0 Å². The first-order chi connectivity index (χ1) is 14.4. The number of rotatable bonds is 3. The molecule has 5 rings (SSSR count). The summed E-state index contributed by atoms with van der Waals surface area (Å²) in [5.74, 6) is 1.28. The number of hydrogen-bond donors (Lipinski definition) is 1. The minimum atomic E-state index is 0.399. The molecule has 2 unspecified atom stereocenters. The molecule has 1 saturated carbocycles. The highest BCUT2D eigenvalue weighted by atomic mass is 15.5. The molecule has 29 heavy (non-hydrogen) atoms. The molecule has 148 valence electrons. The number of para-hydroxylation sites is 1. The molecule has 0 saturated heterocycles. The third kappa shape index (κ3) is 3.69. The fourth-order valence-electron chi connectivity index (χ4n) is 4.89. The first-order valence-electron chi connectivity index (χ1n) is 10.8. The Bertz CT molecular complexity index is 1050. The number of aromatic amines is 1. The standard InChI is InChI=1S/C24H27N5/c1-3-9-18(10-4-1)23-17-20-12-7-8-14-22(20)29(23)21-13-6-2-5-11-19(15-16-21)24-25-27-28-26-24/h1,3-4,7-10,12,14,17,19,21H,2,5-6,11,13,15-16H2,(H,25,26,27,28). The van der Waals surface area contributed by atoms with Crippen molar-refractivity contribution in [2.45, 2.75) is 56.9 Å². The highest BCUT2D eigenvalue weighted by Crippen LogP contribution is 2.38. The van der Waals surface area contributed by atoms with Gasteiger partial charge in [0.15, 0.2) is 5.82 Å². The fraction of sp³-hybridized carbons (Fsp3) is 0.375. The van der Waals surface area contributed by atoms with Crippen molar-refractivity contribution in [2.75, 3.05) is 0 Å². The van der Waals surface area contributed by atoms with Crippen molar-refractivity contribution in [3.8, 4) is 11.3 Å². The summed E-state index contributed by atoms with van der Waals surface area (Å²) in [4.78, 5) is 0. The molecule has 1 aliphatic rings. The van der Waals surface area contributed by atoms with Gasteiger partial charge >= 0.3 is 0 Å². The predicted octanol–water partition coefficient (Wildman–Crippen LogP) is 5.89. The molecule has 0 bridgehead atoms. The molecule has 5 heteroatoms. The van der Waals surface area contributed by atoms with Crippen LogP contribution in [0.1, 0.15) is 62.7 Å². The van der Waals surface area contributed by atoms with Crippen LogP contribution in [0.4, 0.5) is 0 Å². The maximum atomic E-state index is 4.29. The summed E-state index contributed by atoms with van der Waals surface area (Å²) in [6.45, 7) is 0. The van der Waals surface area contributed by atoms with Crippen LogP contribution >= 0.6 is 0 Å². The minimum Gasteiger partial charge on any atom is -0.337 e. The molecule has 2 aromatic carbocycles. The molecule has 0 radical (unpaired) electrons. The Kier molecular flexibility index (Phi) is 5.11. The number of H-pyrrole nitrogens is 1. The van der Waals surface area contributed by atoms with E-state index < -0.39 is 0 Å². The summed E-state index contributed by atoms with van der Waals surface area (Å²) in [6, 6.07) is 22.4. The van der Waals surface area contributed by atoms with Crippen LogP contribution in [0.15, 0.2) is 60.7 Å². The minimum absolute atomic E-state index is 0.399. The number of nitrogens with one attached hydrogen (secondary N) is 1. The lowest BCUT2D eigenvalue weighted by atomic mass is 9.95. The lowest BCUT2D eigenvalue weighted by molar-refractivity contribution is 0.414. The van der Waals surface area contributed by atoms with Gasteiger partial charge in [-0.2, -0.15) is 5.21 Å². The summed E-state index contributed by atoms with van der Waals surface area (Å²) in [7, 11) is 0. The zero-order chi connectivity index (χ0) is 19.5. The third-order valence-electron chi connectivity index (χ3n) is 6.35. The molecular formula is C24H27N5. The van der Waals surface area contributed by atoms with Gasteiger partial charge in [-0.15, -0.1) is 10.2 Å². The van der Waals surface area contributed by atoms with Gasteiger partial charge in [0.25, 0.3) is 0 Å². The van der Waals surface area contributed by atoms with Crippen LogP contribution < -0.4 is 0 Å². The average molecular weight is 386 g/mol. The lowest BCUT2D eigenvalue weighted by Gasteiger charge is -2.24. The Balaban J connectivity index is 1.54. The second kappa shape index (κ2) is 8.19. The summed E-state index contributed by atoms with van der Waals surface area (Å²) >= 11 is 0. The van der Waals surface area contributed by atoms with Gasteiger partial charge in [-0.1, -0.05) is 73.0 Å². The van der Waals surface area contributed by atoms with E-state index in [1.54, 1.807) is 0 Å². The van der Waals surface area contributed by atoms with E-state index in [2.05, 4.69) is 85.9 Å². The number of benzene rings is 2. The van der Waals surface area contributed by atoms with Crippen LogP contribution in [0.25, 0.3) is 22.2 Å². The van der Waals surface area contributed by atoms with Crippen LogP contribution in [-0.2, 0) is 0 Å². The predicted molar refractivity (Wildman–Crippen MR) is 116 cm³/mol. The second-order valence-corrected chi connectivity index (χ2v) is 8.16. The molecule has 1 aliphatic carbocycles. The number of tetrazole rings is 1. The van der Waals surface area contributed by atoms with E-state index in [0.29, 0.717) is 12.0 Å². The Hall–Kier alpha value is -2.95. The maximum Gasteiger partial charge on any atom is 0.177 e. The van der Waals surface area contributed by atoms with Crippen molar-refractivity contribution in [3.63, 3.8) is 0 Å². The molecule has 0 amide bonds. The molecule has 4 aromatic rings. The van der Waals surface area contributed by atoms with Crippen LogP contribution in [0, 0.1) is 0 Å². The topological polar surface area (TPSA) is 59.4 Å². The van der Waals surface area contributed by atoms with Crippen molar-refractivity contribution in [2.24, 2.45) is 0 Å². The zero-order valence-corrected chi connectivity index (χ0v) is 16.7. The fourth-order valence-corrected chi connectivity index (χ4v) is 4.89. The van der Waals surface area contributed by atoms with Crippen molar-refractivity contribution in [1.82, 2.24) is 25.2 Å². The van der Waals surface area contributed by atoms with Gasteiger partial charge < -0.3 is 4.57 Å². The van der Waals surface area contributed by atoms with Crippen molar-refractivity contribution >= 4 is 10.9 Å². The molecule has 2 heterocycles. The van der Waals surface area contributed by atoms with Crippen LogP contribution in [0.2, 0.25) is 0 Å². The number of hydrogen-bond acceptors (Lipinski definition) is 3. The SMILES string of the molecule is c1ccc(-c2cc3ccccc3n2C2CCCCCC(c3nn[nH]n3)CC2)cc1. The molecule has 2 atom stereocenters. The van der Waals surface area contributed by atoms with Crippen LogP contribution in [0.3, 0.4) is 0 Å². The molecule has 0 spiro atoms. The smallest absolute Gasteiger partial charge is 0.177 e. The van der Waals surface area contributed by atoms with Crippen molar-refractivity contribution in [1.29, 1.82) is 0 Å². The Labute approximate surface area is 171 Å². The molecule has 1 N–H and O–H groups in total. The van der Waals surface area contributed by atoms with E-state index in [4.69, 9.17) is 0 Å². The quantitative estimate of drug-likeness (QED) is 0.478. The number of aromatic nitrogens is 5. The van der Waals surface area contributed by atoms with E-state index >= 15 is 0 Å². The summed E-state index contributed by atoms with van der Waals surface area (Å²) in [5, 5.41) is 16.3. The highest BCUT2D eigenvalue weighted by Gasteiger charge is 2.24. The normalized spacial score (nSPS) is 20.8. The average Bonchev–Trinajstić information content (AvgIpc) is 3.44. The number of fused-ring (bicyclic) bond motifs is 1. The molecule has 0 aliphatic heterocycles. The summed E-state index contributed by atoms with van der Waals surface area (Å²) in [6.07, 6.45) is 8.39. The molecular weight excluding hydrogens is 358 g/mol. The van der Waals surface area contributed by atoms with E-state index in [1.165, 1.54) is 47.8 Å². The van der Waals surface area contributed by atoms with Gasteiger partial charge in [-0.3, -0.25) is 0 Å². The Morgan fingerprint density at radius 1 is 0.828 bits per heavy atom.